The number of rotatable bonds is 8. The molecule has 5 rings (SSSR count). The quantitative estimate of drug-likeness (QED) is 0.387. The molecule has 0 aliphatic heterocycles. The van der Waals surface area contributed by atoms with E-state index >= 15 is 0 Å². The Morgan fingerprint density at radius 1 is 1.03 bits per heavy atom. The van der Waals surface area contributed by atoms with E-state index < -0.39 is 0 Å². The number of aryl methyl sites for hydroxylation is 1. The summed E-state index contributed by atoms with van der Waals surface area (Å²) in [6.45, 7) is 0.685. The zero-order chi connectivity index (χ0) is 23.2. The predicted molar refractivity (Wildman–Crippen MR) is 132 cm³/mol. The van der Waals surface area contributed by atoms with Crippen molar-refractivity contribution >= 4 is 0 Å². The summed E-state index contributed by atoms with van der Waals surface area (Å²) in [6, 6.07) is 16.7. The molecule has 2 aromatic carbocycles. The van der Waals surface area contributed by atoms with Crippen molar-refractivity contribution in [3.05, 3.63) is 65.7 Å². The molecule has 1 saturated carbocycles. The minimum atomic E-state index is 0.640. The van der Waals surface area contributed by atoms with Gasteiger partial charge in [-0.05, 0) is 39.1 Å². The van der Waals surface area contributed by atoms with Crippen molar-refractivity contribution in [2.45, 2.75) is 57.9 Å². The highest BCUT2D eigenvalue weighted by atomic mass is 15.5. The van der Waals surface area contributed by atoms with E-state index in [2.05, 4.69) is 56.9 Å². The Balaban J connectivity index is 1.45. The maximum Gasteiger partial charge on any atom is 0.180 e. The van der Waals surface area contributed by atoms with Crippen LogP contribution < -0.4 is 0 Å². The number of tetrazole rings is 1. The highest BCUT2D eigenvalue weighted by Crippen LogP contribution is 2.31. The maximum atomic E-state index is 5.55. The van der Waals surface area contributed by atoms with Gasteiger partial charge in [0.25, 0.3) is 0 Å². The second-order valence-corrected chi connectivity index (χ2v) is 9.00. The van der Waals surface area contributed by atoms with Crippen LogP contribution in [0.15, 0.2) is 48.5 Å². The fourth-order valence-electron chi connectivity index (χ4n) is 4.86. The highest BCUT2D eigenvalue weighted by Gasteiger charge is 2.19. The van der Waals surface area contributed by atoms with Crippen LogP contribution in [0.1, 0.15) is 55.7 Å². The molecule has 4 aromatic rings. The molecule has 0 radical (unpaired) electrons. The molecule has 7 heteroatoms. The van der Waals surface area contributed by atoms with Gasteiger partial charge in [0.2, 0.25) is 0 Å². The van der Waals surface area contributed by atoms with E-state index in [1.54, 1.807) is 0 Å². The molecular formula is C27H29N7. The number of aromatic amines is 1. The third kappa shape index (κ3) is 5.07. The molecule has 0 amide bonds. The summed E-state index contributed by atoms with van der Waals surface area (Å²) in [7, 11) is 0. The number of benzene rings is 2. The molecule has 1 fully saturated rings. The van der Waals surface area contributed by atoms with Crippen molar-refractivity contribution in [1.82, 2.24) is 35.4 Å². The van der Waals surface area contributed by atoms with Crippen LogP contribution in [-0.2, 0) is 19.4 Å². The SMILES string of the molecule is C#CCCn1nc(CC2CCCCC2)nc1Cc1ccc(-c2ccccc2)c(-c2nnn[nH]2)c1. The lowest BCUT2D eigenvalue weighted by molar-refractivity contribution is 0.351. The largest absolute Gasteiger partial charge is 0.249 e. The number of hydrogen-bond donors (Lipinski definition) is 1. The van der Waals surface area contributed by atoms with Crippen LogP contribution >= 0.6 is 0 Å². The van der Waals surface area contributed by atoms with Gasteiger partial charge in [-0.3, -0.25) is 0 Å². The first-order chi connectivity index (χ1) is 16.8. The smallest absolute Gasteiger partial charge is 0.180 e. The molecule has 7 nitrogen and oxygen atoms in total. The third-order valence-corrected chi connectivity index (χ3v) is 6.59. The third-order valence-electron chi connectivity index (χ3n) is 6.59. The Bertz CT molecular complexity index is 1250. The van der Waals surface area contributed by atoms with Gasteiger partial charge < -0.3 is 0 Å². The van der Waals surface area contributed by atoms with E-state index in [9.17, 15) is 0 Å². The number of terminal acetylenes is 1. The van der Waals surface area contributed by atoms with Gasteiger partial charge in [-0.15, -0.1) is 17.4 Å². The Morgan fingerprint density at radius 2 is 1.88 bits per heavy atom. The summed E-state index contributed by atoms with van der Waals surface area (Å²) < 4.78 is 2.00. The molecule has 0 saturated heterocycles. The van der Waals surface area contributed by atoms with E-state index in [4.69, 9.17) is 16.5 Å². The minimum absolute atomic E-state index is 0.640. The average molecular weight is 452 g/mol. The summed E-state index contributed by atoms with van der Waals surface area (Å²) in [5, 5.41) is 19.5. The van der Waals surface area contributed by atoms with Crippen LogP contribution in [0.5, 0.6) is 0 Å². The average Bonchev–Trinajstić information content (AvgIpc) is 3.54. The van der Waals surface area contributed by atoms with Gasteiger partial charge in [-0.25, -0.2) is 14.8 Å². The molecule has 0 unspecified atom stereocenters. The maximum absolute atomic E-state index is 5.55. The van der Waals surface area contributed by atoms with Crippen molar-refractivity contribution in [3.63, 3.8) is 0 Å². The van der Waals surface area contributed by atoms with Crippen LogP contribution in [0.3, 0.4) is 0 Å². The van der Waals surface area contributed by atoms with Gasteiger partial charge >= 0.3 is 0 Å². The number of H-pyrrole nitrogens is 1. The van der Waals surface area contributed by atoms with Crippen LogP contribution in [-0.4, -0.2) is 35.4 Å². The Morgan fingerprint density at radius 3 is 2.65 bits per heavy atom. The van der Waals surface area contributed by atoms with Crippen LogP contribution in [0.2, 0.25) is 0 Å². The van der Waals surface area contributed by atoms with Crippen molar-refractivity contribution in [2.75, 3.05) is 0 Å². The second kappa shape index (κ2) is 10.4. The van der Waals surface area contributed by atoms with E-state index in [1.165, 1.54) is 32.1 Å². The number of nitrogens with zero attached hydrogens (tertiary/aromatic N) is 6. The zero-order valence-electron chi connectivity index (χ0n) is 19.3. The molecule has 0 atom stereocenters. The van der Waals surface area contributed by atoms with Gasteiger partial charge in [0, 0.05) is 24.8 Å². The molecule has 2 aromatic heterocycles. The summed E-state index contributed by atoms with van der Waals surface area (Å²) in [6.07, 6.45) is 14.4. The first-order valence-electron chi connectivity index (χ1n) is 12.1. The zero-order valence-corrected chi connectivity index (χ0v) is 19.3. The lowest BCUT2D eigenvalue weighted by Gasteiger charge is -2.19. The highest BCUT2D eigenvalue weighted by molar-refractivity contribution is 5.80. The van der Waals surface area contributed by atoms with Crippen LogP contribution in [0.25, 0.3) is 22.5 Å². The molecule has 1 N–H and O–H groups in total. The van der Waals surface area contributed by atoms with Crippen molar-refractivity contribution in [2.24, 2.45) is 5.92 Å². The van der Waals surface area contributed by atoms with E-state index in [0.29, 0.717) is 31.1 Å². The number of nitrogens with one attached hydrogen (secondary N) is 1. The molecular weight excluding hydrogens is 422 g/mol. The van der Waals surface area contributed by atoms with Gasteiger partial charge in [0.15, 0.2) is 11.6 Å². The monoisotopic (exact) mass is 451 g/mol. The summed E-state index contributed by atoms with van der Waals surface area (Å²) >= 11 is 0. The molecule has 1 aliphatic rings. The molecule has 0 spiro atoms. The van der Waals surface area contributed by atoms with Gasteiger partial charge in [0.1, 0.15) is 5.82 Å². The molecule has 34 heavy (non-hydrogen) atoms. The lowest BCUT2D eigenvalue weighted by atomic mass is 9.87. The molecule has 172 valence electrons. The second-order valence-electron chi connectivity index (χ2n) is 9.00. The van der Waals surface area contributed by atoms with Gasteiger partial charge in [-0.2, -0.15) is 5.10 Å². The van der Waals surface area contributed by atoms with Gasteiger partial charge in [-0.1, -0.05) is 74.6 Å². The Hall–Kier alpha value is -3.79. The Labute approximate surface area is 200 Å². The summed E-state index contributed by atoms with van der Waals surface area (Å²) in [5.74, 6) is 5.98. The number of hydrogen-bond acceptors (Lipinski definition) is 5. The van der Waals surface area contributed by atoms with Crippen LogP contribution in [0.4, 0.5) is 0 Å². The summed E-state index contributed by atoms with van der Waals surface area (Å²) in [5.41, 5.74) is 4.29. The molecule has 1 aliphatic carbocycles. The summed E-state index contributed by atoms with van der Waals surface area (Å²) in [4.78, 5) is 4.96. The lowest BCUT2D eigenvalue weighted by Crippen LogP contribution is -2.10. The van der Waals surface area contributed by atoms with Crippen molar-refractivity contribution in [1.29, 1.82) is 0 Å². The van der Waals surface area contributed by atoms with Crippen LogP contribution in [0, 0.1) is 18.3 Å². The normalized spacial score (nSPS) is 14.2. The topological polar surface area (TPSA) is 85.2 Å². The van der Waals surface area contributed by atoms with E-state index in [0.717, 1.165) is 40.3 Å². The standard InChI is InChI=1S/C27H29N7/c1-2-3-16-34-26(28-25(31-34)18-20-10-6-4-7-11-20)19-21-14-15-23(22-12-8-5-9-13-22)24(17-21)27-29-32-33-30-27/h1,5,8-9,12-15,17,20H,3-4,6-7,10-11,16,18-19H2,(H,29,30,32,33). The minimum Gasteiger partial charge on any atom is -0.249 e. The Kier molecular flexibility index (Phi) is 6.76. The van der Waals surface area contributed by atoms with Gasteiger partial charge in [0.05, 0.1) is 6.54 Å². The molecule has 0 bridgehead atoms. The predicted octanol–water partition coefficient (Wildman–Crippen LogP) is 4.86. The fraction of sp³-hybridized carbons (Fsp3) is 0.370. The molecule has 2 heterocycles. The van der Waals surface area contributed by atoms with Crippen molar-refractivity contribution < 1.29 is 0 Å². The van der Waals surface area contributed by atoms with E-state index in [-0.39, 0.29) is 0 Å². The first kappa shape index (κ1) is 22.0. The first-order valence-corrected chi connectivity index (χ1v) is 12.1. The number of aromatic nitrogens is 7. The van der Waals surface area contributed by atoms with Crippen molar-refractivity contribution in [3.8, 4) is 34.9 Å². The van der Waals surface area contributed by atoms with E-state index in [1.807, 2.05) is 22.9 Å². The fourth-order valence-corrected chi connectivity index (χ4v) is 4.86.